The Morgan fingerprint density at radius 2 is 2.44 bits per heavy atom. The van der Waals surface area contributed by atoms with Gasteiger partial charge in [0.25, 0.3) is 0 Å². The molecule has 0 aromatic carbocycles. The van der Waals surface area contributed by atoms with Crippen LogP contribution in [-0.4, -0.2) is 23.5 Å². The molecule has 0 aliphatic carbocycles. The molecule has 1 atom stereocenters. The standard InChI is InChI=1S/C11H13BrClN3OS/c1-17-4-3-16-10(8(13)6-15-16)9(14)11-7(12)2-5-18-11/h2,5-6,9H,3-4,14H2,1H3. The summed E-state index contributed by atoms with van der Waals surface area (Å²) >= 11 is 11.3. The van der Waals surface area contributed by atoms with Gasteiger partial charge in [0.15, 0.2) is 0 Å². The van der Waals surface area contributed by atoms with Crippen molar-refractivity contribution in [2.45, 2.75) is 12.6 Å². The third-order valence-corrected chi connectivity index (χ3v) is 4.81. The van der Waals surface area contributed by atoms with E-state index in [1.807, 2.05) is 11.4 Å². The van der Waals surface area contributed by atoms with E-state index in [9.17, 15) is 0 Å². The number of nitrogens with zero attached hydrogens (tertiary/aromatic N) is 2. The van der Waals surface area contributed by atoms with E-state index in [1.54, 1.807) is 29.3 Å². The minimum absolute atomic E-state index is 0.286. The van der Waals surface area contributed by atoms with Crippen LogP contribution in [0.5, 0.6) is 0 Å². The van der Waals surface area contributed by atoms with E-state index in [-0.39, 0.29) is 6.04 Å². The summed E-state index contributed by atoms with van der Waals surface area (Å²) < 4.78 is 7.84. The van der Waals surface area contributed by atoms with Gasteiger partial charge in [0.05, 0.1) is 36.1 Å². The summed E-state index contributed by atoms with van der Waals surface area (Å²) in [5.41, 5.74) is 7.09. The monoisotopic (exact) mass is 349 g/mol. The van der Waals surface area contributed by atoms with Crippen molar-refractivity contribution in [3.8, 4) is 0 Å². The Kier molecular flexibility index (Phi) is 4.80. The highest BCUT2D eigenvalue weighted by Crippen LogP contribution is 2.34. The van der Waals surface area contributed by atoms with E-state index in [1.165, 1.54) is 0 Å². The summed E-state index contributed by atoms with van der Waals surface area (Å²) in [7, 11) is 1.65. The normalized spacial score (nSPS) is 12.9. The number of thiophene rings is 1. The summed E-state index contributed by atoms with van der Waals surface area (Å²) in [6.07, 6.45) is 1.62. The molecule has 2 aromatic rings. The van der Waals surface area contributed by atoms with Crippen LogP contribution in [0.1, 0.15) is 16.6 Å². The van der Waals surface area contributed by atoms with Crippen LogP contribution in [0.2, 0.25) is 5.02 Å². The average molecular weight is 351 g/mol. The van der Waals surface area contributed by atoms with Crippen molar-refractivity contribution in [2.75, 3.05) is 13.7 Å². The smallest absolute Gasteiger partial charge is 0.0843 e. The molecule has 0 saturated heterocycles. The maximum Gasteiger partial charge on any atom is 0.0843 e. The number of hydrogen-bond acceptors (Lipinski definition) is 4. The van der Waals surface area contributed by atoms with Crippen LogP contribution >= 0.6 is 38.9 Å². The highest BCUT2D eigenvalue weighted by molar-refractivity contribution is 9.10. The van der Waals surface area contributed by atoms with Crippen molar-refractivity contribution < 1.29 is 4.74 Å². The zero-order chi connectivity index (χ0) is 13.1. The predicted octanol–water partition coefficient (Wildman–Crippen LogP) is 3.06. The van der Waals surface area contributed by atoms with E-state index >= 15 is 0 Å². The Morgan fingerprint density at radius 3 is 3.06 bits per heavy atom. The Morgan fingerprint density at radius 1 is 1.67 bits per heavy atom. The van der Waals surface area contributed by atoms with Crippen LogP contribution in [0.25, 0.3) is 0 Å². The minimum atomic E-state index is -0.286. The van der Waals surface area contributed by atoms with Crippen molar-refractivity contribution in [3.05, 3.63) is 37.7 Å². The van der Waals surface area contributed by atoms with Crippen molar-refractivity contribution >= 4 is 38.9 Å². The fourth-order valence-corrected chi connectivity index (χ4v) is 3.57. The number of nitrogens with two attached hydrogens (primary N) is 1. The molecule has 4 nitrogen and oxygen atoms in total. The topological polar surface area (TPSA) is 53.1 Å². The number of ether oxygens (including phenoxy) is 1. The lowest BCUT2D eigenvalue weighted by molar-refractivity contribution is 0.182. The first-order valence-electron chi connectivity index (χ1n) is 5.33. The van der Waals surface area contributed by atoms with Crippen molar-refractivity contribution in [3.63, 3.8) is 0 Å². The molecule has 0 spiro atoms. The summed E-state index contributed by atoms with van der Waals surface area (Å²) in [4.78, 5) is 1.04. The van der Waals surface area contributed by atoms with Crippen molar-refractivity contribution in [2.24, 2.45) is 5.73 Å². The third kappa shape index (κ3) is 2.78. The molecule has 2 N–H and O–H groups in total. The largest absolute Gasteiger partial charge is 0.383 e. The van der Waals surface area contributed by atoms with Gasteiger partial charge in [0.1, 0.15) is 0 Å². The van der Waals surface area contributed by atoms with Gasteiger partial charge in [-0.3, -0.25) is 4.68 Å². The van der Waals surface area contributed by atoms with Gasteiger partial charge in [-0.05, 0) is 27.4 Å². The number of rotatable bonds is 5. The van der Waals surface area contributed by atoms with Crippen LogP contribution in [-0.2, 0) is 11.3 Å². The van der Waals surface area contributed by atoms with E-state index in [0.717, 1.165) is 15.0 Å². The Hall–Kier alpha value is -0.400. The number of halogens is 2. The van der Waals surface area contributed by atoms with Crippen LogP contribution in [0.4, 0.5) is 0 Å². The van der Waals surface area contributed by atoms with E-state index < -0.39 is 0 Å². The molecule has 0 saturated carbocycles. The number of hydrogen-bond donors (Lipinski definition) is 1. The van der Waals surface area contributed by atoms with Crippen LogP contribution in [0, 0.1) is 0 Å². The molecule has 0 bridgehead atoms. The van der Waals surface area contributed by atoms with Crippen molar-refractivity contribution in [1.82, 2.24) is 9.78 Å². The zero-order valence-corrected chi connectivity index (χ0v) is 12.9. The molecule has 0 aliphatic heterocycles. The molecule has 2 rings (SSSR count). The van der Waals surface area contributed by atoms with Crippen LogP contribution in [0.3, 0.4) is 0 Å². The molecule has 2 aromatic heterocycles. The van der Waals surface area contributed by atoms with Crippen molar-refractivity contribution in [1.29, 1.82) is 0 Å². The second-order valence-electron chi connectivity index (χ2n) is 3.70. The van der Waals surface area contributed by atoms with Gasteiger partial charge in [0.2, 0.25) is 0 Å². The Labute approximate surface area is 123 Å². The van der Waals surface area contributed by atoms with Gasteiger partial charge >= 0.3 is 0 Å². The fourth-order valence-electron chi connectivity index (χ4n) is 1.69. The molecule has 18 heavy (non-hydrogen) atoms. The van der Waals surface area contributed by atoms with Crippen LogP contribution in [0.15, 0.2) is 22.1 Å². The maximum atomic E-state index is 6.27. The summed E-state index contributed by atoms with van der Waals surface area (Å²) in [6.45, 7) is 1.21. The number of aromatic nitrogens is 2. The SMILES string of the molecule is COCCn1ncc(Cl)c1C(N)c1sccc1Br. The lowest BCUT2D eigenvalue weighted by atomic mass is 10.2. The summed E-state index contributed by atoms with van der Waals surface area (Å²) in [5, 5.41) is 6.80. The Bertz CT molecular complexity index is 528. The molecular weight excluding hydrogens is 338 g/mol. The lowest BCUT2D eigenvalue weighted by Gasteiger charge is -2.14. The molecule has 0 amide bonds. The lowest BCUT2D eigenvalue weighted by Crippen LogP contribution is -2.19. The first-order valence-corrected chi connectivity index (χ1v) is 7.38. The maximum absolute atomic E-state index is 6.27. The van der Waals surface area contributed by atoms with Gasteiger partial charge in [-0.25, -0.2) is 0 Å². The molecule has 0 aliphatic rings. The molecule has 1 unspecified atom stereocenters. The van der Waals surface area contributed by atoms with Gasteiger partial charge < -0.3 is 10.5 Å². The predicted molar refractivity (Wildman–Crippen MR) is 77.2 cm³/mol. The fraction of sp³-hybridized carbons (Fsp3) is 0.364. The third-order valence-electron chi connectivity index (χ3n) is 2.56. The molecular formula is C11H13BrClN3OS. The van der Waals surface area contributed by atoms with Gasteiger partial charge in [-0.1, -0.05) is 11.6 Å². The summed E-state index contributed by atoms with van der Waals surface area (Å²) in [5.74, 6) is 0. The van der Waals surface area contributed by atoms with E-state index in [4.69, 9.17) is 22.1 Å². The van der Waals surface area contributed by atoms with E-state index in [0.29, 0.717) is 18.2 Å². The second kappa shape index (κ2) is 6.16. The quantitative estimate of drug-likeness (QED) is 0.901. The highest BCUT2D eigenvalue weighted by Gasteiger charge is 2.21. The first kappa shape index (κ1) is 14.0. The van der Waals surface area contributed by atoms with Gasteiger partial charge in [0, 0.05) is 16.5 Å². The Balaban J connectivity index is 2.32. The van der Waals surface area contributed by atoms with Gasteiger partial charge in [-0.15, -0.1) is 11.3 Å². The average Bonchev–Trinajstić information content (AvgIpc) is 2.92. The molecule has 0 fully saturated rings. The molecule has 0 radical (unpaired) electrons. The molecule has 98 valence electrons. The van der Waals surface area contributed by atoms with Gasteiger partial charge in [-0.2, -0.15) is 5.10 Å². The first-order chi connectivity index (χ1) is 8.65. The molecule has 2 heterocycles. The van der Waals surface area contributed by atoms with Crippen LogP contribution < -0.4 is 5.73 Å². The summed E-state index contributed by atoms with van der Waals surface area (Å²) in [6, 6.07) is 1.69. The second-order valence-corrected chi connectivity index (χ2v) is 5.91. The number of methoxy groups -OCH3 is 1. The van der Waals surface area contributed by atoms with E-state index in [2.05, 4.69) is 21.0 Å². The highest BCUT2D eigenvalue weighted by atomic mass is 79.9. The zero-order valence-electron chi connectivity index (χ0n) is 9.77. The minimum Gasteiger partial charge on any atom is -0.383 e. The molecule has 7 heteroatoms.